The SMILES string of the molecule is CN(C)/C=C/C(=O)c1csc(-c2cscn2)n1. The Morgan fingerprint density at radius 2 is 2.24 bits per heavy atom. The predicted octanol–water partition coefficient (Wildman–Crippen LogP) is 2.52. The Morgan fingerprint density at radius 3 is 2.88 bits per heavy atom. The fraction of sp³-hybridized carbons (Fsp3) is 0.182. The Morgan fingerprint density at radius 1 is 1.41 bits per heavy atom. The second kappa shape index (κ2) is 5.20. The number of allylic oxidation sites excluding steroid dienone is 1. The first kappa shape index (κ1) is 11.9. The van der Waals surface area contributed by atoms with Crippen LogP contribution in [0.2, 0.25) is 0 Å². The van der Waals surface area contributed by atoms with Crippen LogP contribution in [0.3, 0.4) is 0 Å². The van der Waals surface area contributed by atoms with Crippen LogP contribution in [-0.4, -0.2) is 34.7 Å². The van der Waals surface area contributed by atoms with Gasteiger partial charge in [0.15, 0.2) is 0 Å². The van der Waals surface area contributed by atoms with Crippen LogP contribution in [0.1, 0.15) is 10.5 Å². The zero-order chi connectivity index (χ0) is 12.3. The maximum atomic E-state index is 11.7. The molecule has 2 aromatic heterocycles. The van der Waals surface area contributed by atoms with Gasteiger partial charge in [-0.2, -0.15) is 0 Å². The average Bonchev–Trinajstić information content (AvgIpc) is 2.94. The molecule has 0 aliphatic heterocycles. The van der Waals surface area contributed by atoms with Crippen LogP contribution in [0.5, 0.6) is 0 Å². The molecular formula is C11H11N3OS2. The first-order valence-corrected chi connectivity index (χ1v) is 6.72. The van der Waals surface area contributed by atoms with Crippen LogP contribution in [0, 0.1) is 0 Å². The molecule has 6 heteroatoms. The minimum atomic E-state index is -0.0866. The standard InChI is InChI=1S/C11H11N3OS2/c1-14(2)4-3-10(15)8-6-17-11(13-8)9-5-16-7-12-9/h3-7H,1-2H3/b4-3+. The van der Waals surface area contributed by atoms with Crippen molar-refractivity contribution in [2.24, 2.45) is 0 Å². The van der Waals surface area contributed by atoms with Crippen LogP contribution >= 0.6 is 22.7 Å². The van der Waals surface area contributed by atoms with Gasteiger partial charge in [0.2, 0.25) is 5.78 Å². The van der Waals surface area contributed by atoms with E-state index in [0.29, 0.717) is 5.69 Å². The smallest absolute Gasteiger partial charge is 0.206 e. The first-order valence-electron chi connectivity index (χ1n) is 4.90. The second-order valence-electron chi connectivity index (χ2n) is 3.56. The van der Waals surface area contributed by atoms with Gasteiger partial charge in [-0.25, -0.2) is 9.97 Å². The van der Waals surface area contributed by atoms with Gasteiger partial charge in [-0.15, -0.1) is 22.7 Å². The normalized spacial score (nSPS) is 10.9. The Kier molecular flexibility index (Phi) is 3.65. The predicted molar refractivity (Wildman–Crippen MR) is 70.4 cm³/mol. The Labute approximate surface area is 107 Å². The van der Waals surface area contributed by atoms with E-state index in [-0.39, 0.29) is 5.78 Å². The second-order valence-corrected chi connectivity index (χ2v) is 5.13. The molecule has 0 fully saturated rings. The van der Waals surface area contributed by atoms with E-state index in [1.54, 1.807) is 17.1 Å². The number of rotatable bonds is 4. The van der Waals surface area contributed by atoms with E-state index in [0.717, 1.165) is 10.7 Å². The van der Waals surface area contributed by atoms with Gasteiger partial charge in [-0.3, -0.25) is 4.79 Å². The number of thiazole rings is 2. The molecule has 0 unspecified atom stereocenters. The van der Waals surface area contributed by atoms with E-state index < -0.39 is 0 Å². The van der Waals surface area contributed by atoms with Crippen molar-refractivity contribution in [3.63, 3.8) is 0 Å². The summed E-state index contributed by atoms with van der Waals surface area (Å²) < 4.78 is 0. The van der Waals surface area contributed by atoms with Crippen LogP contribution in [0.25, 0.3) is 10.7 Å². The van der Waals surface area contributed by atoms with Gasteiger partial charge in [0.05, 0.1) is 5.51 Å². The van der Waals surface area contributed by atoms with E-state index in [2.05, 4.69) is 9.97 Å². The van der Waals surface area contributed by atoms with Crippen molar-refractivity contribution in [1.29, 1.82) is 0 Å². The molecule has 88 valence electrons. The molecule has 2 heterocycles. The lowest BCUT2D eigenvalue weighted by molar-refractivity contribution is 0.104. The summed E-state index contributed by atoms with van der Waals surface area (Å²) in [6, 6.07) is 0. The van der Waals surface area contributed by atoms with Gasteiger partial charge in [-0.1, -0.05) is 0 Å². The Bertz CT molecular complexity index is 529. The molecule has 17 heavy (non-hydrogen) atoms. The fourth-order valence-electron chi connectivity index (χ4n) is 1.12. The number of hydrogen-bond donors (Lipinski definition) is 0. The quantitative estimate of drug-likeness (QED) is 0.629. The van der Waals surface area contributed by atoms with Crippen molar-refractivity contribution in [3.8, 4) is 10.7 Å². The van der Waals surface area contributed by atoms with Crippen molar-refractivity contribution >= 4 is 28.5 Å². The van der Waals surface area contributed by atoms with Crippen molar-refractivity contribution < 1.29 is 4.79 Å². The summed E-state index contributed by atoms with van der Waals surface area (Å²) in [6.07, 6.45) is 3.23. The molecule has 0 aromatic carbocycles. The molecular weight excluding hydrogens is 254 g/mol. The summed E-state index contributed by atoms with van der Waals surface area (Å²) in [5.41, 5.74) is 3.05. The number of hydrogen-bond acceptors (Lipinski definition) is 6. The molecule has 4 nitrogen and oxygen atoms in total. The first-order chi connectivity index (χ1) is 8.16. The van der Waals surface area contributed by atoms with Crippen LogP contribution in [0.4, 0.5) is 0 Å². The zero-order valence-corrected chi connectivity index (χ0v) is 11.1. The van der Waals surface area contributed by atoms with Gasteiger partial charge < -0.3 is 4.90 Å². The summed E-state index contributed by atoms with van der Waals surface area (Å²) in [7, 11) is 3.73. The number of ketones is 1. The van der Waals surface area contributed by atoms with E-state index in [1.807, 2.05) is 24.4 Å². The molecule has 0 radical (unpaired) electrons. The van der Waals surface area contributed by atoms with Crippen LogP contribution in [-0.2, 0) is 0 Å². The van der Waals surface area contributed by atoms with Gasteiger partial charge in [0.25, 0.3) is 0 Å². The van der Waals surface area contributed by atoms with E-state index >= 15 is 0 Å². The summed E-state index contributed by atoms with van der Waals surface area (Å²) in [5, 5.41) is 4.47. The highest BCUT2D eigenvalue weighted by molar-refractivity contribution is 7.14. The van der Waals surface area contributed by atoms with Gasteiger partial charge in [-0.05, 0) is 0 Å². The highest BCUT2D eigenvalue weighted by Gasteiger charge is 2.10. The van der Waals surface area contributed by atoms with Crippen LogP contribution in [0.15, 0.2) is 28.5 Å². The zero-order valence-electron chi connectivity index (χ0n) is 9.45. The van der Waals surface area contributed by atoms with Gasteiger partial charge in [0, 0.05) is 37.1 Å². The highest BCUT2D eigenvalue weighted by atomic mass is 32.1. The number of nitrogens with zero attached hydrogens (tertiary/aromatic N) is 3. The molecule has 0 aliphatic rings. The summed E-state index contributed by atoms with van der Waals surface area (Å²) in [6.45, 7) is 0. The number of aromatic nitrogens is 2. The molecule has 0 aliphatic carbocycles. The van der Waals surface area contributed by atoms with Gasteiger partial charge >= 0.3 is 0 Å². The van der Waals surface area contributed by atoms with Crippen molar-refractivity contribution in [2.75, 3.05) is 14.1 Å². The molecule has 0 saturated carbocycles. The molecule has 2 rings (SSSR count). The third-order valence-corrected chi connectivity index (χ3v) is 3.38. The fourth-order valence-corrected chi connectivity index (χ4v) is 2.51. The minimum absolute atomic E-state index is 0.0866. The Hall–Kier alpha value is -1.53. The highest BCUT2D eigenvalue weighted by Crippen LogP contribution is 2.23. The van der Waals surface area contributed by atoms with Crippen LogP contribution < -0.4 is 0 Å². The van der Waals surface area contributed by atoms with Crippen molar-refractivity contribution in [1.82, 2.24) is 14.9 Å². The molecule has 0 N–H and O–H groups in total. The maximum absolute atomic E-state index is 11.7. The lowest BCUT2D eigenvalue weighted by Gasteiger charge is -2.01. The third-order valence-electron chi connectivity index (χ3n) is 1.93. The number of carbonyl (C=O) groups excluding carboxylic acids is 1. The molecule has 2 aromatic rings. The molecule has 0 atom stereocenters. The van der Waals surface area contributed by atoms with Gasteiger partial charge in [0.1, 0.15) is 16.4 Å². The third kappa shape index (κ3) is 2.98. The van der Waals surface area contributed by atoms with Crippen molar-refractivity contribution in [3.05, 3.63) is 34.2 Å². The lowest BCUT2D eigenvalue weighted by atomic mass is 10.3. The summed E-state index contributed by atoms with van der Waals surface area (Å²) in [5.74, 6) is -0.0866. The summed E-state index contributed by atoms with van der Waals surface area (Å²) in [4.78, 5) is 22.0. The molecule has 0 amide bonds. The topological polar surface area (TPSA) is 46.1 Å². The molecule has 0 bridgehead atoms. The lowest BCUT2D eigenvalue weighted by Crippen LogP contribution is -2.03. The van der Waals surface area contributed by atoms with E-state index in [4.69, 9.17) is 0 Å². The van der Waals surface area contributed by atoms with Crippen molar-refractivity contribution in [2.45, 2.75) is 0 Å². The largest absolute Gasteiger partial charge is 0.383 e. The number of carbonyl (C=O) groups is 1. The van der Waals surface area contributed by atoms with E-state index in [9.17, 15) is 4.79 Å². The molecule has 0 spiro atoms. The Balaban J connectivity index is 2.16. The minimum Gasteiger partial charge on any atom is -0.383 e. The average molecular weight is 265 g/mol. The summed E-state index contributed by atoms with van der Waals surface area (Å²) >= 11 is 2.95. The molecule has 0 saturated heterocycles. The maximum Gasteiger partial charge on any atom is 0.206 e. The monoisotopic (exact) mass is 265 g/mol. The van der Waals surface area contributed by atoms with E-state index in [1.165, 1.54) is 28.7 Å².